The molecule has 2 aliphatic heterocycles. The fourth-order valence-corrected chi connectivity index (χ4v) is 3.72. The van der Waals surface area contributed by atoms with Crippen LogP contribution in [0.1, 0.15) is 64.9 Å². The number of aldehydes is 1. The van der Waals surface area contributed by atoms with Crippen LogP contribution in [0, 0.1) is 17.8 Å². The van der Waals surface area contributed by atoms with E-state index in [1.807, 2.05) is 45.0 Å². The van der Waals surface area contributed by atoms with Crippen molar-refractivity contribution in [2.75, 3.05) is 6.61 Å². The van der Waals surface area contributed by atoms with Gasteiger partial charge < -0.3 is 14.8 Å². The number of benzene rings is 1. The fourth-order valence-electron chi connectivity index (χ4n) is 3.72. The summed E-state index contributed by atoms with van der Waals surface area (Å²) >= 11 is 0. The number of ether oxygens (including phenoxy) is 1. The standard InChI is InChI=1S/C24H35NO4/c1-17(2)13-22-23(27)15-20(16-26)7-5-4-6-12-29-21-10-8-19(9-11-21)14-18(3)24(28)25-22/h8-11,16-18,20,22H,4-7,12-15H2,1-3H3,(H,25,28)/t18-,20+,22-/m0/s1. The number of carbonyl (C=O) groups excluding carboxylic acids is 3. The van der Waals surface area contributed by atoms with Crippen LogP contribution in [0.25, 0.3) is 0 Å². The SMILES string of the molecule is CC(C)C[C@@H]1NC(=O)[C@@H](C)Cc2ccc(cc2)OCCCCC[C@@H](C=O)CC1=O. The minimum absolute atomic E-state index is 0.0369. The molecule has 0 aliphatic carbocycles. The molecule has 2 heterocycles. The van der Waals surface area contributed by atoms with Gasteiger partial charge in [-0.3, -0.25) is 9.59 Å². The fraction of sp³-hybridized carbons (Fsp3) is 0.625. The molecule has 160 valence electrons. The van der Waals surface area contributed by atoms with Gasteiger partial charge in [0.25, 0.3) is 0 Å². The Labute approximate surface area is 174 Å². The quantitative estimate of drug-likeness (QED) is 0.773. The van der Waals surface area contributed by atoms with E-state index in [4.69, 9.17) is 4.74 Å². The maximum Gasteiger partial charge on any atom is 0.223 e. The van der Waals surface area contributed by atoms with Crippen LogP contribution in [0.4, 0.5) is 0 Å². The predicted molar refractivity (Wildman–Crippen MR) is 114 cm³/mol. The third-order valence-corrected chi connectivity index (χ3v) is 5.47. The topological polar surface area (TPSA) is 72.5 Å². The molecule has 0 aromatic heterocycles. The van der Waals surface area contributed by atoms with Gasteiger partial charge in [-0.2, -0.15) is 0 Å². The van der Waals surface area contributed by atoms with E-state index in [-0.39, 0.29) is 35.9 Å². The predicted octanol–water partition coefficient (Wildman–Crippen LogP) is 4.12. The van der Waals surface area contributed by atoms with Crippen LogP contribution in [0.2, 0.25) is 0 Å². The first-order chi connectivity index (χ1) is 13.9. The summed E-state index contributed by atoms with van der Waals surface area (Å²) in [5.74, 6) is 0.432. The maximum absolute atomic E-state index is 12.9. The van der Waals surface area contributed by atoms with Crippen LogP contribution in [-0.4, -0.2) is 30.6 Å². The van der Waals surface area contributed by atoms with Gasteiger partial charge in [0.1, 0.15) is 12.0 Å². The van der Waals surface area contributed by atoms with E-state index in [1.54, 1.807) is 0 Å². The lowest BCUT2D eigenvalue weighted by molar-refractivity contribution is -0.131. The van der Waals surface area contributed by atoms with Crippen molar-refractivity contribution in [1.82, 2.24) is 5.32 Å². The van der Waals surface area contributed by atoms with Gasteiger partial charge in [-0.25, -0.2) is 0 Å². The molecule has 2 bridgehead atoms. The molecule has 0 radical (unpaired) electrons. The zero-order valence-electron chi connectivity index (χ0n) is 18.0. The molecule has 1 amide bonds. The van der Waals surface area contributed by atoms with E-state index in [0.29, 0.717) is 25.9 Å². The number of hydrogen-bond acceptors (Lipinski definition) is 4. The van der Waals surface area contributed by atoms with Gasteiger partial charge in [0, 0.05) is 18.3 Å². The molecule has 29 heavy (non-hydrogen) atoms. The zero-order valence-corrected chi connectivity index (χ0v) is 18.0. The molecule has 0 saturated carbocycles. The van der Waals surface area contributed by atoms with E-state index in [2.05, 4.69) is 5.32 Å². The monoisotopic (exact) mass is 401 g/mol. The minimum atomic E-state index is -0.526. The Morgan fingerprint density at radius 2 is 1.83 bits per heavy atom. The third-order valence-electron chi connectivity index (χ3n) is 5.47. The van der Waals surface area contributed by atoms with Crippen molar-refractivity contribution in [3.63, 3.8) is 0 Å². The third kappa shape index (κ3) is 8.00. The van der Waals surface area contributed by atoms with Crippen LogP contribution < -0.4 is 10.1 Å². The van der Waals surface area contributed by atoms with E-state index in [0.717, 1.165) is 36.9 Å². The molecule has 0 fully saturated rings. The van der Waals surface area contributed by atoms with Crippen molar-refractivity contribution in [1.29, 1.82) is 0 Å². The Morgan fingerprint density at radius 3 is 2.48 bits per heavy atom. The number of rotatable bonds is 3. The Morgan fingerprint density at radius 1 is 1.10 bits per heavy atom. The van der Waals surface area contributed by atoms with Crippen LogP contribution in [0.5, 0.6) is 5.75 Å². The molecule has 1 N–H and O–H groups in total. The summed E-state index contributed by atoms with van der Waals surface area (Å²) in [5.41, 5.74) is 1.06. The summed E-state index contributed by atoms with van der Waals surface area (Å²) in [6, 6.07) is 7.34. The summed E-state index contributed by atoms with van der Waals surface area (Å²) in [6.45, 7) is 6.59. The molecule has 0 saturated heterocycles. The van der Waals surface area contributed by atoms with Crippen LogP contribution in [-0.2, 0) is 20.8 Å². The molecule has 0 unspecified atom stereocenters. The highest BCUT2D eigenvalue weighted by molar-refractivity contribution is 5.91. The number of fused-ring (bicyclic) bond motifs is 15. The molecule has 1 aromatic carbocycles. The maximum atomic E-state index is 12.9. The first-order valence-corrected chi connectivity index (χ1v) is 10.9. The normalized spacial score (nSPS) is 25.0. The van der Waals surface area contributed by atoms with E-state index in [1.165, 1.54) is 0 Å². The summed E-state index contributed by atoms with van der Waals surface area (Å²) in [7, 11) is 0. The smallest absolute Gasteiger partial charge is 0.223 e. The number of nitrogens with one attached hydrogen (secondary N) is 1. The van der Waals surface area contributed by atoms with E-state index in [9.17, 15) is 14.4 Å². The Balaban J connectivity index is 2.16. The molecule has 0 spiro atoms. The van der Waals surface area contributed by atoms with Crippen LogP contribution >= 0.6 is 0 Å². The largest absolute Gasteiger partial charge is 0.494 e. The summed E-state index contributed by atoms with van der Waals surface area (Å²) in [4.78, 5) is 37.1. The second-order valence-electron chi connectivity index (χ2n) is 8.70. The molecular formula is C24H35NO4. The molecule has 3 atom stereocenters. The highest BCUT2D eigenvalue weighted by Gasteiger charge is 2.26. The molecule has 1 aromatic rings. The van der Waals surface area contributed by atoms with Crippen LogP contribution in [0.15, 0.2) is 24.3 Å². The van der Waals surface area contributed by atoms with Crippen molar-refractivity contribution < 1.29 is 19.1 Å². The van der Waals surface area contributed by atoms with Gasteiger partial charge in [0.15, 0.2) is 5.78 Å². The van der Waals surface area contributed by atoms with Crippen molar-refractivity contribution >= 4 is 18.0 Å². The van der Waals surface area contributed by atoms with Crippen molar-refractivity contribution in [2.24, 2.45) is 17.8 Å². The Kier molecular flexibility index (Phi) is 9.36. The van der Waals surface area contributed by atoms with Crippen molar-refractivity contribution in [3.05, 3.63) is 29.8 Å². The number of carbonyl (C=O) groups is 3. The van der Waals surface area contributed by atoms with Gasteiger partial charge in [0.2, 0.25) is 5.91 Å². The van der Waals surface area contributed by atoms with Gasteiger partial charge in [0.05, 0.1) is 12.6 Å². The number of Topliss-reactive ketones (excluding diaryl/α,β-unsaturated/α-hetero) is 1. The lowest BCUT2D eigenvalue weighted by Crippen LogP contribution is -2.44. The van der Waals surface area contributed by atoms with Gasteiger partial charge >= 0.3 is 0 Å². The second-order valence-corrected chi connectivity index (χ2v) is 8.70. The second kappa shape index (κ2) is 11.7. The zero-order chi connectivity index (χ0) is 21.2. The average Bonchev–Trinajstić information content (AvgIpc) is 2.69. The highest BCUT2D eigenvalue weighted by Crippen LogP contribution is 2.19. The lowest BCUT2D eigenvalue weighted by atomic mass is 9.90. The molecule has 5 nitrogen and oxygen atoms in total. The average molecular weight is 402 g/mol. The Bertz CT molecular complexity index is 668. The van der Waals surface area contributed by atoms with Crippen molar-refractivity contribution in [2.45, 2.75) is 71.8 Å². The Hall–Kier alpha value is -2.17. The number of ketones is 1. The first kappa shape index (κ1) is 23.1. The van der Waals surface area contributed by atoms with Crippen LogP contribution in [0.3, 0.4) is 0 Å². The lowest BCUT2D eigenvalue weighted by Gasteiger charge is -2.23. The van der Waals surface area contributed by atoms with Gasteiger partial charge in [-0.1, -0.05) is 45.7 Å². The van der Waals surface area contributed by atoms with Crippen molar-refractivity contribution in [3.8, 4) is 5.75 Å². The summed E-state index contributed by atoms with van der Waals surface area (Å²) in [5, 5.41) is 2.96. The van der Waals surface area contributed by atoms with Gasteiger partial charge in [-0.15, -0.1) is 0 Å². The molecule has 3 rings (SSSR count). The molecule has 2 aliphatic rings. The summed E-state index contributed by atoms with van der Waals surface area (Å²) in [6.07, 6.45) is 5.75. The number of amides is 1. The molecule has 5 heteroatoms. The van der Waals surface area contributed by atoms with Gasteiger partial charge in [-0.05, 0) is 49.3 Å². The van der Waals surface area contributed by atoms with E-state index < -0.39 is 6.04 Å². The highest BCUT2D eigenvalue weighted by atomic mass is 16.5. The minimum Gasteiger partial charge on any atom is -0.494 e. The summed E-state index contributed by atoms with van der Waals surface area (Å²) < 4.78 is 5.77. The number of hydrogen-bond donors (Lipinski definition) is 1. The molecular weight excluding hydrogens is 366 g/mol. The van der Waals surface area contributed by atoms with E-state index >= 15 is 0 Å². The first-order valence-electron chi connectivity index (χ1n) is 10.9.